The number of anilines is 2. The number of halogens is 1. The van der Waals surface area contributed by atoms with Crippen LogP contribution in [0, 0.1) is 6.92 Å². The van der Waals surface area contributed by atoms with E-state index in [9.17, 15) is 8.42 Å². The zero-order valence-corrected chi connectivity index (χ0v) is 17.1. The quantitative estimate of drug-likeness (QED) is 0.461. The third-order valence-electron chi connectivity index (χ3n) is 3.68. The molecule has 0 saturated heterocycles. The van der Waals surface area contributed by atoms with Crippen LogP contribution >= 0.6 is 23.8 Å². The standard InChI is InChI=1S/C18H22ClN3O2S2/c1-3-4-11-20-18(25)21-17-12-16(10-5-13(17)2)26(23,24)22-15-8-6-14(19)7-9-15/h5-10,12,22H,3-4,11H2,1-2H3,(H2,20,21,25). The van der Waals surface area contributed by atoms with Gasteiger partial charge in [-0.1, -0.05) is 31.0 Å². The van der Waals surface area contributed by atoms with Crippen molar-refractivity contribution in [2.45, 2.75) is 31.6 Å². The molecule has 0 heterocycles. The van der Waals surface area contributed by atoms with E-state index in [2.05, 4.69) is 22.3 Å². The first kappa shape index (κ1) is 20.5. The van der Waals surface area contributed by atoms with Gasteiger partial charge in [-0.15, -0.1) is 0 Å². The molecule has 0 aliphatic carbocycles. The average molecular weight is 412 g/mol. The lowest BCUT2D eigenvalue weighted by molar-refractivity contribution is 0.601. The molecule has 8 heteroatoms. The van der Waals surface area contributed by atoms with Crippen LogP contribution in [0.5, 0.6) is 0 Å². The molecule has 0 saturated carbocycles. The first-order valence-corrected chi connectivity index (χ1v) is 10.5. The summed E-state index contributed by atoms with van der Waals surface area (Å²) in [7, 11) is -3.72. The molecule has 0 amide bonds. The van der Waals surface area contributed by atoms with Gasteiger partial charge in [0.2, 0.25) is 0 Å². The van der Waals surface area contributed by atoms with Crippen molar-refractivity contribution in [1.82, 2.24) is 5.32 Å². The van der Waals surface area contributed by atoms with Gasteiger partial charge < -0.3 is 10.6 Å². The van der Waals surface area contributed by atoms with E-state index in [4.69, 9.17) is 23.8 Å². The zero-order valence-electron chi connectivity index (χ0n) is 14.7. The van der Waals surface area contributed by atoms with Crippen LogP contribution in [0.4, 0.5) is 11.4 Å². The average Bonchev–Trinajstić information content (AvgIpc) is 2.59. The SMILES string of the molecule is CCCCNC(=S)Nc1cc(S(=O)(=O)Nc2ccc(Cl)cc2)ccc1C. The predicted molar refractivity (Wildman–Crippen MR) is 113 cm³/mol. The van der Waals surface area contributed by atoms with Crippen LogP contribution in [-0.4, -0.2) is 20.1 Å². The minimum Gasteiger partial charge on any atom is -0.362 e. The highest BCUT2D eigenvalue weighted by molar-refractivity contribution is 7.92. The van der Waals surface area contributed by atoms with Gasteiger partial charge in [0.25, 0.3) is 10.0 Å². The van der Waals surface area contributed by atoms with Gasteiger partial charge in [0.05, 0.1) is 4.90 Å². The minimum atomic E-state index is -3.72. The summed E-state index contributed by atoms with van der Waals surface area (Å²) in [6.07, 6.45) is 2.08. The predicted octanol–water partition coefficient (Wildman–Crippen LogP) is 4.54. The number of hydrogen-bond acceptors (Lipinski definition) is 3. The minimum absolute atomic E-state index is 0.150. The highest BCUT2D eigenvalue weighted by Gasteiger charge is 2.16. The maximum atomic E-state index is 12.6. The first-order valence-electron chi connectivity index (χ1n) is 8.25. The molecule has 0 fully saturated rings. The van der Waals surface area contributed by atoms with Crippen LogP contribution in [0.1, 0.15) is 25.3 Å². The normalized spacial score (nSPS) is 11.0. The van der Waals surface area contributed by atoms with Gasteiger partial charge in [-0.25, -0.2) is 8.42 Å². The van der Waals surface area contributed by atoms with E-state index in [1.54, 1.807) is 42.5 Å². The fourth-order valence-electron chi connectivity index (χ4n) is 2.18. The van der Waals surface area contributed by atoms with E-state index in [-0.39, 0.29) is 4.90 Å². The molecule has 5 nitrogen and oxygen atoms in total. The second-order valence-corrected chi connectivity index (χ2v) is 8.35. The smallest absolute Gasteiger partial charge is 0.261 e. The fraction of sp³-hybridized carbons (Fsp3) is 0.278. The van der Waals surface area contributed by atoms with Crippen LogP contribution in [0.3, 0.4) is 0 Å². The van der Waals surface area contributed by atoms with E-state index in [0.29, 0.717) is 21.5 Å². The Labute approximate surface area is 165 Å². The molecule has 0 aromatic heterocycles. The van der Waals surface area contributed by atoms with Gasteiger partial charge >= 0.3 is 0 Å². The van der Waals surface area contributed by atoms with Crippen LogP contribution < -0.4 is 15.4 Å². The van der Waals surface area contributed by atoms with Crippen LogP contribution in [0.25, 0.3) is 0 Å². The Kier molecular flexibility index (Phi) is 7.25. The van der Waals surface area contributed by atoms with Gasteiger partial charge in [0.15, 0.2) is 5.11 Å². The number of benzene rings is 2. The van der Waals surface area contributed by atoms with E-state index < -0.39 is 10.0 Å². The third kappa shape index (κ3) is 5.86. The van der Waals surface area contributed by atoms with Crippen molar-refractivity contribution >= 4 is 50.3 Å². The van der Waals surface area contributed by atoms with Gasteiger partial charge in [-0.3, -0.25) is 4.72 Å². The number of rotatable bonds is 7. The monoisotopic (exact) mass is 411 g/mol. The number of aryl methyl sites for hydroxylation is 1. The highest BCUT2D eigenvalue weighted by atomic mass is 35.5. The molecule has 140 valence electrons. The first-order chi connectivity index (χ1) is 12.3. The Hall–Kier alpha value is -1.83. The Balaban J connectivity index is 2.16. The molecule has 2 rings (SSSR count). The molecule has 0 radical (unpaired) electrons. The molecular formula is C18H22ClN3O2S2. The molecule has 0 bridgehead atoms. The number of hydrogen-bond donors (Lipinski definition) is 3. The summed E-state index contributed by atoms with van der Waals surface area (Å²) in [6, 6.07) is 11.4. The second kappa shape index (κ2) is 9.21. The maximum absolute atomic E-state index is 12.6. The van der Waals surface area contributed by atoms with Crippen molar-refractivity contribution in [1.29, 1.82) is 0 Å². The lowest BCUT2D eigenvalue weighted by Gasteiger charge is -2.14. The summed E-state index contributed by atoms with van der Waals surface area (Å²) in [5, 5.41) is 7.18. The Morgan fingerprint density at radius 2 is 1.85 bits per heavy atom. The van der Waals surface area contributed by atoms with Gasteiger partial charge in [0, 0.05) is 22.9 Å². The summed E-state index contributed by atoms with van der Waals surface area (Å²) < 4.78 is 27.8. The molecular weight excluding hydrogens is 390 g/mol. The fourth-order valence-corrected chi connectivity index (χ4v) is 3.60. The molecule has 26 heavy (non-hydrogen) atoms. The summed E-state index contributed by atoms with van der Waals surface area (Å²) in [5.41, 5.74) is 1.99. The van der Waals surface area contributed by atoms with Crippen molar-refractivity contribution in [3.05, 3.63) is 53.1 Å². The zero-order chi connectivity index (χ0) is 19.2. The molecule has 0 atom stereocenters. The largest absolute Gasteiger partial charge is 0.362 e. The Morgan fingerprint density at radius 1 is 1.15 bits per heavy atom. The van der Waals surface area contributed by atoms with Gasteiger partial charge in [-0.2, -0.15) is 0 Å². The molecule has 2 aromatic carbocycles. The number of sulfonamides is 1. The van der Waals surface area contributed by atoms with Gasteiger partial charge in [0.1, 0.15) is 0 Å². The van der Waals surface area contributed by atoms with Crippen LogP contribution in [-0.2, 0) is 10.0 Å². The molecule has 3 N–H and O–H groups in total. The molecule has 2 aromatic rings. The maximum Gasteiger partial charge on any atom is 0.261 e. The second-order valence-electron chi connectivity index (χ2n) is 5.82. The summed E-state index contributed by atoms with van der Waals surface area (Å²) >= 11 is 11.1. The molecule has 0 unspecified atom stereocenters. The number of thiocarbonyl (C=S) groups is 1. The number of unbranched alkanes of at least 4 members (excludes halogenated alkanes) is 1. The van der Waals surface area contributed by atoms with Crippen molar-refractivity contribution in [3.63, 3.8) is 0 Å². The summed E-state index contributed by atoms with van der Waals surface area (Å²) in [6.45, 7) is 4.77. The van der Waals surface area contributed by atoms with E-state index >= 15 is 0 Å². The Morgan fingerprint density at radius 3 is 2.50 bits per heavy atom. The van der Waals surface area contributed by atoms with Crippen molar-refractivity contribution in [2.24, 2.45) is 0 Å². The number of nitrogens with one attached hydrogen (secondary N) is 3. The topological polar surface area (TPSA) is 70.2 Å². The highest BCUT2D eigenvalue weighted by Crippen LogP contribution is 2.23. The third-order valence-corrected chi connectivity index (χ3v) is 5.56. The molecule has 0 aliphatic heterocycles. The van der Waals surface area contributed by atoms with E-state index in [1.165, 1.54) is 0 Å². The van der Waals surface area contributed by atoms with Gasteiger partial charge in [-0.05, 0) is 67.5 Å². The summed E-state index contributed by atoms with van der Waals surface area (Å²) in [5.74, 6) is 0. The van der Waals surface area contributed by atoms with Crippen LogP contribution in [0.15, 0.2) is 47.4 Å². The van der Waals surface area contributed by atoms with Crippen molar-refractivity contribution in [3.8, 4) is 0 Å². The van der Waals surface area contributed by atoms with E-state index in [1.807, 2.05) is 6.92 Å². The van der Waals surface area contributed by atoms with E-state index in [0.717, 1.165) is 24.9 Å². The lowest BCUT2D eigenvalue weighted by Crippen LogP contribution is -2.29. The van der Waals surface area contributed by atoms with Crippen molar-refractivity contribution in [2.75, 3.05) is 16.6 Å². The molecule has 0 spiro atoms. The van der Waals surface area contributed by atoms with Crippen molar-refractivity contribution < 1.29 is 8.42 Å². The Bertz CT molecular complexity index is 869. The lowest BCUT2D eigenvalue weighted by atomic mass is 10.2. The summed E-state index contributed by atoms with van der Waals surface area (Å²) in [4.78, 5) is 0.150. The van der Waals surface area contributed by atoms with Crippen LogP contribution in [0.2, 0.25) is 5.02 Å². The molecule has 0 aliphatic rings.